The number of carboxylic acids is 1. The van der Waals surface area contributed by atoms with Crippen molar-refractivity contribution in [3.8, 4) is 11.5 Å². The van der Waals surface area contributed by atoms with Gasteiger partial charge >= 0.3 is 5.97 Å². The predicted octanol–water partition coefficient (Wildman–Crippen LogP) is 2.68. The molecule has 0 saturated carbocycles. The van der Waals surface area contributed by atoms with Crippen LogP contribution in [-0.4, -0.2) is 23.8 Å². The Kier molecular flexibility index (Phi) is 5.18. The Morgan fingerprint density at radius 2 is 1.84 bits per heavy atom. The number of carboxylic acid groups (broad SMARTS) is 1. The highest BCUT2D eigenvalue weighted by Gasteiger charge is 2.24. The summed E-state index contributed by atoms with van der Waals surface area (Å²) < 4.78 is 10.5. The van der Waals surface area contributed by atoms with Gasteiger partial charge in [0.15, 0.2) is 11.5 Å². The Bertz CT molecular complexity index is 760. The van der Waals surface area contributed by atoms with Crippen molar-refractivity contribution in [2.45, 2.75) is 25.3 Å². The minimum atomic E-state index is -0.963. The van der Waals surface area contributed by atoms with Gasteiger partial charge in [-0.3, -0.25) is 9.59 Å². The molecule has 1 heterocycles. The van der Waals surface area contributed by atoms with Crippen molar-refractivity contribution in [1.82, 2.24) is 5.32 Å². The van der Waals surface area contributed by atoms with Crippen LogP contribution >= 0.6 is 0 Å². The summed E-state index contributed by atoms with van der Waals surface area (Å²) in [5.74, 6) is -0.756. The van der Waals surface area contributed by atoms with Crippen molar-refractivity contribution in [3.05, 3.63) is 59.7 Å². The molecule has 2 aromatic rings. The van der Waals surface area contributed by atoms with Gasteiger partial charge in [0.05, 0.1) is 5.92 Å². The molecule has 1 aliphatic heterocycles. The molecule has 2 N–H and O–H groups in total. The summed E-state index contributed by atoms with van der Waals surface area (Å²) in [5, 5.41) is 12.3. The maximum absolute atomic E-state index is 12.0. The zero-order valence-electron chi connectivity index (χ0n) is 13.6. The van der Waals surface area contributed by atoms with Crippen LogP contribution in [0.4, 0.5) is 0 Å². The normalized spacial score (nSPS) is 13.3. The number of ether oxygens (including phenoxy) is 2. The SMILES string of the molecule is O=C(CCC(C(=O)O)c1ccc2c(c1)OCO2)NCc1ccccc1. The van der Waals surface area contributed by atoms with Crippen LogP contribution < -0.4 is 14.8 Å². The number of rotatable bonds is 7. The van der Waals surface area contributed by atoms with E-state index in [0.717, 1.165) is 5.56 Å². The summed E-state index contributed by atoms with van der Waals surface area (Å²) in [7, 11) is 0. The molecule has 1 unspecified atom stereocenters. The predicted molar refractivity (Wildman–Crippen MR) is 90.5 cm³/mol. The van der Waals surface area contributed by atoms with E-state index in [1.807, 2.05) is 30.3 Å². The number of carbonyl (C=O) groups is 2. The zero-order valence-corrected chi connectivity index (χ0v) is 13.6. The van der Waals surface area contributed by atoms with Gasteiger partial charge < -0.3 is 19.9 Å². The van der Waals surface area contributed by atoms with E-state index in [2.05, 4.69) is 5.32 Å². The second kappa shape index (κ2) is 7.70. The van der Waals surface area contributed by atoms with E-state index in [9.17, 15) is 14.7 Å². The Morgan fingerprint density at radius 1 is 1.08 bits per heavy atom. The van der Waals surface area contributed by atoms with Gasteiger partial charge in [-0.25, -0.2) is 0 Å². The molecule has 0 fully saturated rings. The molecule has 0 bridgehead atoms. The number of aliphatic carboxylic acids is 1. The summed E-state index contributed by atoms with van der Waals surface area (Å²) in [6, 6.07) is 14.6. The number of hydrogen-bond acceptors (Lipinski definition) is 4. The van der Waals surface area contributed by atoms with Gasteiger partial charge in [0, 0.05) is 13.0 Å². The number of carbonyl (C=O) groups excluding carboxylic acids is 1. The largest absolute Gasteiger partial charge is 0.481 e. The molecule has 6 nitrogen and oxygen atoms in total. The van der Waals surface area contributed by atoms with Gasteiger partial charge in [0.25, 0.3) is 0 Å². The Labute approximate surface area is 145 Å². The molecule has 0 saturated heterocycles. The Hall–Kier alpha value is -3.02. The monoisotopic (exact) mass is 341 g/mol. The molecule has 0 radical (unpaired) electrons. The van der Waals surface area contributed by atoms with E-state index >= 15 is 0 Å². The van der Waals surface area contributed by atoms with E-state index in [0.29, 0.717) is 23.6 Å². The lowest BCUT2D eigenvalue weighted by Crippen LogP contribution is -2.24. The van der Waals surface area contributed by atoms with E-state index in [1.165, 1.54) is 0 Å². The molecule has 6 heteroatoms. The standard InChI is InChI=1S/C19H19NO5/c21-18(20-11-13-4-2-1-3-5-13)9-7-15(19(22)23)14-6-8-16-17(10-14)25-12-24-16/h1-6,8,10,15H,7,9,11-12H2,(H,20,21)(H,22,23). The van der Waals surface area contributed by atoms with Crippen molar-refractivity contribution in [1.29, 1.82) is 0 Å². The van der Waals surface area contributed by atoms with E-state index in [-0.39, 0.29) is 25.5 Å². The van der Waals surface area contributed by atoms with Crippen LogP contribution in [0.15, 0.2) is 48.5 Å². The quantitative estimate of drug-likeness (QED) is 0.809. The first-order valence-corrected chi connectivity index (χ1v) is 8.06. The molecular formula is C19H19NO5. The van der Waals surface area contributed by atoms with Gasteiger partial charge in [-0.2, -0.15) is 0 Å². The zero-order chi connectivity index (χ0) is 17.6. The Balaban J connectivity index is 1.57. The van der Waals surface area contributed by atoms with Crippen molar-refractivity contribution in [2.24, 2.45) is 0 Å². The van der Waals surface area contributed by atoms with E-state index in [4.69, 9.17) is 9.47 Å². The lowest BCUT2D eigenvalue weighted by atomic mass is 9.94. The summed E-state index contributed by atoms with van der Waals surface area (Å²) in [6.45, 7) is 0.569. The molecule has 1 aliphatic rings. The second-order valence-corrected chi connectivity index (χ2v) is 5.80. The number of amides is 1. The molecule has 2 aromatic carbocycles. The van der Waals surface area contributed by atoms with E-state index < -0.39 is 11.9 Å². The lowest BCUT2D eigenvalue weighted by Gasteiger charge is -2.13. The van der Waals surface area contributed by atoms with Crippen LogP contribution in [0.5, 0.6) is 11.5 Å². The smallest absolute Gasteiger partial charge is 0.310 e. The Morgan fingerprint density at radius 3 is 2.60 bits per heavy atom. The number of hydrogen-bond donors (Lipinski definition) is 2. The first-order valence-electron chi connectivity index (χ1n) is 8.06. The molecule has 0 aromatic heterocycles. The molecular weight excluding hydrogens is 322 g/mol. The van der Waals surface area contributed by atoms with E-state index in [1.54, 1.807) is 18.2 Å². The average Bonchev–Trinajstić information content (AvgIpc) is 3.08. The molecule has 3 rings (SSSR count). The molecule has 0 spiro atoms. The van der Waals surface area contributed by atoms with Crippen LogP contribution in [0.3, 0.4) is 0 Å². The summed E-state index contributed by atoms with van der Waals surface area (Å²) >= 11 is 0. The molecule has 1 amide bonds. The first kappa shape index (κ1) is 16.8. The van der Waals surface area contributed by atoms with Crippen LogP contribution in [0.1, 0.15) is 29.9 Å². The van der Waals surface area contributed by atoms with Crippen LogP contribution in [-0.2, 0) is 16.1 Å². The van der Waals surface area contributed by atoms with Crippen molar-refractivity contribution in [2.75, 3.05) is 6.79 Å². The maximum atomic E-state index is 12.0. The highest BCUT2D eigenvalue weighted by molar-refractivity contribution is 5.79. The van der Waals surface area contributed by atoms with Crippen LogP contribution in [0.25, 0.3) is 0 Å². The van der Waals surface area contributed by atoms with Crippen molar-refractivity contribution < 1.29 is 24.2 Å². The molecule has 130 valence electrons. The summed E-state index contributed by atoms with van der Waals surface area (Å²) in [4.78, 5) is 23.6. The van der Waals surface area contributed by atoms with Gasteiger partial charge in [-0.15, -0.1) is 0 Å². The highest BCUT2D eigenvalue weighted by atomic mass is 16.7. The number of benzene rings is 2. The lowest BCUT2D eigenvalue weighted by molar-refractivity contribution is -0.139. The molecule has 0 aliphatic carbocycles. The number of fused-ring (bicyclic) bond motifs is 1. The van der Waals surface area contributed by atoms with Crippen LogP contribution in [0.2, 0.25) is 0 Å². The summed E-state index contributed by atoms with van der Waals surface area (Å²) in [6.07, 6.45) is 0.355. The third kappa shape index (κ3) is 4.29. The topological polar surface area (TPSA) is 84.9 Å². The average molecular weight is 341 g/mol. The minimum absolute atomic E-state index is 0.137. The third-order valence-electron chi connectivity index (χ3n) is 4.09. The fourth-order valence-electron chi connectivity index (χ4n) is 2.72. The van der Waals surface area contributed by atoms with Gasteiger partial charge in [-0.1, -0.05) is 36.4 Å². The first-order chi connectivity index (χ1) is 12.1. The molecule has 25 heavy (non-hydrogen) atoms. The van der Waals surface area contributed by atoms with Gasteiger partial charge in [0.2, 0.25) is 12.7 Å². The highest BCUT2D eigenvalue weighted by Crippen LogP contribution is 2.35. The fraction of sp³-hybridized carbons (Fsp3) is 0.263. The third-order valence-corrected chi connectivity index (χ3v) is 4.09. The summed E-state index contributed by atoms with van der Waals surface area (Å²) in [5.41, 5.74) is 1.61. The minimum Gasteiger partial charge on any atom is -0.481 e. The fourth-order valence-corrected chi connectivity index (χ4v) is 2.72. The maximum Gasteiger partial charge on any atom is 0.310 e. The van der Waals surface area contributed by atoms with Crippen LogP contribution in [0, 0.1) is 0 Å². The van der Waals surface area contributed by atoms with Gasteiger partial charge in [-0.05, 0) is 29.7 Å². The second-order valence-electron chi connectivity index (χ2n) is 5.80. The van der Waals surface area contributed by atoms with Crippen molar-refractivity contribution in [3.63, 3.8) is 0 Å². The van der Waals surface area contributed by atoms with Gasteiger partial charge in [0.1, 0.15) is 0 Å². The van der Waals surface area contributed by atoms with Crippen molar-refractivity contribution >= 4 is 11.9 Å². The molecule has 1 atom stereocenters. The number of nitrogens with one attached hydrogen (secondary N) is 1.